The summed E-state index contributed by atoms with van der Waals surface area (Å²) in [6.07, 6.45) is 8.10. The Bertz CT molecular complexity index is 345. The third-order valence-electron chi connectivity index (χ3n) is 3.83. The van der Waals surface area contributed by atoms with Crippen molar-refractivity contribution >= 4 is 13.3 Å². The number of nitrogens with one attached hydrogen (secondary N) is 1. The highest BCUT2D eigenvalue weighted by Crippen LogP contribution is 2.27. The molecule has 74 valence electrons. The molecule has 1 saturated heterocycles. The van der Waals surface area contributed by atoms with Gasteiger partial charge >= 0.3 is 0 Å². The molecule has 0 bridgehead atoms. The average Bonchev–Trinajstić information content (AvgIpc) is 2.68. The number of aromatic nitrogens is 1. The van der Waals surface area contributed by atoms with E-state index in [1.54, 1.807) is 10.8 Å². The minimum Gasteiger partial charge on any atom is -0.319 e. The maximum Gasteiger partial charge on any atom is 0.104 e. The van der Waals surface area contributed by atoms with Gasteiger partial charge in [0.1, 0.15) is 8.07 Å². The Labute approximate surface area is 85.8 Å². The normalized spacial score (nSPS) is 30.6. The summed E-state index contributed by atoms with van der Waals surface area (Å²) in [5.41, 5.74) is 1.60. The average molecular weight is 204 g/mol. The van der Waals surface area contributed by atoms with Crippen LogP contribution in [0.4, 0.5) is 0 Å². The third kappa shape index (κ3) is 1.16. The maximum absolute atomic E-state index is 4.32. The van der Waals surface area contributed by atoms with Crippen LogP contribution < -0.4 is 10.5 Å². The molecule has 1 aromatic rings. The zero-order chi connectivity index (χ0) is 9.43. The SMILES string of the molecule is c1cc2c(cn1)[Si]1(CCC2)CCNC1. The number of rotatable bonds is 0. The predicted molar refractivity (Wildman–Crippen MR) is 60.4 cm³/mol. The molecule has 1 fully saturated rings. The molecule has 0 radical (unpaired) electrons. The van der Waals surface area contributed by atoms with E-state index in [1.165, 1.54) is 37.6 Å². The summed E-state index contributed by atoms with van der Waals surface area (Å²) in [4.78, 5) is 4.32. The van der Waals surface area contributed by atoms with Crippen molar-refractivity contribution in [2.24, 2.45) is 0 Å². The van der Waals surface area contributed by atoms with Crippen LogP contribution in [0, 0.1) is 0 Å². The van der Waals surface area contributed by atoms with Gasteiger partial charge in [0.05, 0.1) is 0 Å². The summed E-state index contributed by atoms with van der Waals surface area (Å²) in [5, 5.41) is 5.22. The lowest BCUT2D eigenvalue weighted by Gasteiger charge is -2.32. The van der Waals surface area contributed by atoms with Crippen molar-refractivity contribution in [3.63, 3.8) is 0 Å². The number of nitrogens with zero attached hydrogens (tertiary/aromatic N) is 1. The fourth-order valence-electron chi connectivity index (χ4n) is 3.06. The standard InChI is InChI=1S/C11H16N2Si/c1-2-10-3-4-12-8-11(10)14(6-1)7-5-13-9-14/h3-4,8,13H,1-2,5-7,9H2. The highest BCUT2D eigenvalue weighted by molar-refractivity contribution is 6.93. The van der Waals surface area contributed by atoms with Crippen molar-refractivity contribution in [1.82, 2.24) is 10.3 Å². The lowest BCUT2D eigenvalue weighted by molar-refractivity contribution is 0.867. The molecule has 2 nitrogen and oxygen atoms in total. The summed E-state index contributed by atoms with van der Waals surface area (Å²) < 4.78 is 0. The van der Waals surface area contributed by atoms with Crippen LogP contribution in [0.15, 0.2) is 18.5 Å². The molecule has 2 aliphatic heterocycles. The molecule has 0 aromatic carbocycles. The molecule has 14 heavy (non-hydrogen) atoms. The number of fused-ring (bicyclic) bond motifs is 2. The summed E-state index contributed by atoms with van der Waals surface area (Å²) in [5.74, 6) is 0. The monoisotopic (exact) mass is 204 g/mol. The van der Waals surface area contributed by atoms with Gasteiger partial charge in [-0.25, -0.2) is 0 Å². The van der Waals surface area contributed by atoms with Gasteiger partial charge in [0.25, 0.3) is 0 Å². The van der Waals surface area contributed by atoms with Gasteiger partial charge in [-0.3, -0.25) is 4.98 Å². The fraction of sp³-hybridized carbons (Fsp3) is 0.545. The first-order valence-electron chi connectivity index (χ1n) is 5.55. The molecule has 0 saturated carbocycles. The van der Waals surface area contributed by atoms with Gasteiger partial charge in [0, 0.05) is 12.4 Å². The van der Waals surface area contributed by atoms with Crippen molar-refractivity contribution in [3.8, 4) is 0 Å². The highest BCUT2D eigenvalue weighted by Gasteiger charge is 2.41. The second-order valence-corrected chi connectivity index (χ2v) is 9.05. The summed E-state index contributed by atoms with van der Waals surface area (Å²) in [6, 6.07) is 5.16. The van der Waals surface area contributed by atoms with Crippen molar-refractivity contribution in [2.75, 3.05) is 12.7 Å². The first kappa shape index (κ1) is 8.62. The molecule has 3 heterocycles. The summed E-state index contributed by atoms with van der Waals surface area (Å²) in [7, 11) is -1.11. The molecule has 2 aliphatic rings. The molecule has 3 heteroatoms. The van der Waals surface area contributed by atoms with E-state index in [0.29, 0.717) is 0 Å². The van der Waals surface area contributed by atoms with Crippen LogP contribution in [0.1, 0.15) is 12.0 Å². The minimum absolute atomic E-state index is 1.11. The molecule has 1 spiro atoms. The van der Waals surface area contributed by atoms with Crippen LogP contribution in [0.2, 0.25) is 12.1 Å². The number of hydrogen-bond acceptors (Lipinski definition) is 2. The maximum atomic E-state index is 4.32. The number of pyridine rings is 1. The van der Waals surface area contributed by atoms with E-state index >= 15 is 0 Å². The van der Waals surface area contributed by atoms with Crippen LogP contribution in [-0.4, -0.2) is 25.8 Å². The Morgan fingerprint density at radius 2 is 2.36 bits per heavy atom. The Morgan fingerprint density at radius 3 is 3.21 bits per heavy atom. The highest BCUT2D eigenvalue weighted by atomic mass is 28.3. The minimum atomic E-state index is -1.11. The summed E-state index contributed by atoms with van der Waals surface area (Å²) >= 11 is 0. The predicted octanol–water partition coefficient (Wildman–Crippen LogP) is 0.826. The zero-order valence-corrected chi connectivity index (χ0v) is 9.42. The second-order valence-electron chi connectivity index (χ2n) is 4.59. The largest absolute Gasteiger partial charge is 0.319 e. The van der Waals surface area contributed by atoms with Gasteiger partial charge in [0.15, 0.2) is 0 Å². The second kappa shape index (κ2) is 3.17. The zero-order valence-electron chi connectivity index (χ0n) is 8.42. The Kier molecular flexibility index (Phi) is 1.95. The van der Waals surface area contributed by atoms with Gasteiger partial charge < -0.3 is 5.32 Å². The lowest BCUT2D eigenvalue weighted by Crippen LogP contribution is -2.53. The molecule has 1 atom stereocenters. The van der Waals surface area contributed by atoms with E-state index in [-0.39, 0.29) is 0 Å². The molecule has 3 rings (SSSR count). The third-order valence-corrected chi connectivity index (χ3v) is 8.87. The van der Waals surface area contributed by atoms with Gasteiger partial charge in [-0.15, -0.1) is 0 Å². The summed E-state index contributed by atoms with van der Waals surface area (Å²) in [6.45, 7) is 1.24. The first-order valence-corrected chi connectivity index (χ1v) is 8.17. The van der Waals surface area contributed by atoms with Crippen molar-refractivity contribution in [1.29, 1.82) is 0 Å². The van der Waals surface area contributed by atoms with E-state index in [9.17, 15) is 0 Å². The Balaban J connectivity index is 2.10. The lowest BCUT2D eigenvalue weighted by atomic mass is 10.1. The van der Waals surface area contributed by atoms with Gasteiger partial charge in [-0.1, -0.05) is 12.5 Å². The van der Waals surface area contributed by atoms with E-state index in [2.05, 4.69) is 22.6 Å². The molecule has 1 aromatic heterocycles. The first-order chi connectivity index (χ1) is 6.91. The molecule has 0 amide bonds. The van der Waals surface area contributed by atoms with Crippen LogP contribution in [0.3, 0.4) is 0 Å². The van der Waals surface area contributed by atoms with Crippen molar-refractivity contribution in [2.45, 2.75) is 24.9 Å². The molecular weight excluding hydrogens is 188 g/mol. The number of hydrogen-bond donors (Lipinski definition) is 1. The molecule has 0 aliphatic carbocycles. The molecular formula is C11H16N2Si. The van der Waals surface area contributed by atoms with Gasteiger partial charge in [-0.2, -0.15) is 0 Å². The van der Waals surface area contributed by atoms with Crippen LogP contribution in [0.5, 0.6) is 0 Å². The van der Waals surface area contributed by atoms with E-state index in [1.807, 2.05) is 6.20 Å². The van der Waals surface area contributed by atoms with Crippen molar-refractivity contribution < 1.29 is 0 Å². The molecule has 1 unspecified atom stereocenters. The van der Waals surface area contributed by atoms with Crippen molar-refractivity contribution in [3.05, 3.63) is 24.0 Å². The van der Waals surface area contributed by atoms with Gasteiger partial charge in [0.2, 0.25) is 0 Å². The number of aryl methyl sites for hydroxylation is 1. The topological polar surface area (TPSA) is 24.9 Å². The van der Waals surface area contributed by atoms with E-state index < -0.39 is 8.07 Å². The van der Waals surface area contributed by atoms with Crippen LogP contribution in [-0.2, 0) is 6.42 Å². The molecule has 1 N–H and O–H groups in total. The quantitative estimate of drug-likeness (QED) is 0.633. The van der Waals surface area contributed by atoms with E-state index in [0.717, 1.165) is 0 Å². The smallest absolute Gasteiger partial charge is 0.104 e. The van der Waals surface area contributed by atoms with E-state index in [4.69, 9.17) is 0 Å². The van der Waals surface area contributed by atoms with Crippen LogP contribution >= 0.6 is 0 Å². The fourth-order valence-corrected chi connectivity index (χ4v) is 7.79. The Morgan fingerprint density at radius 1 is 1.36 bits per heavy atom. The Hall–Kier alpha value is -0.673. The van der Waals surface area contributed by atoms with Crippen LogP contribution in [0.25, 0.3) is 0 Å². The van der Waals surface area contributed by atoms with Gasteiger partial charge in [-0.05, 0) is 42.0 Å².